The molecule has 3 nitrogen and oxygen atoms in total. The molecule has 0 bridgehead atoms. The molecular formula is C13H29N3. The van der Waals surface area contributed by atoms with Gasteiger partial charge in [-0.25, -0.2) is 0 Å². The smallest absolute Gasteiger partial charge is 0.0220 e. The minimum absolute atomic E-state index is 0.356. The Hall–Kier alpha value is -0.120. The van der Waals surface area contributed by atoms with Gasteiger partial charge in [0.1, 0.15) is 0 Å². The number of rotatable bonds is 5. The number of hydrogen-bond donors (Lipinski definition) is 1. The molecule has 0 amide bonds. The van der Waals surface area contributed by atoms with Crippen molar-refractivity contribution in [2.75, 3.05) is 33.2 Å². The van der Waals surface area contributed by atoms with Gasteiger partial charge in [0.25, 0.3) is 0 Å². The fourth-order valence-electron chi connectivity index (χ4n) is 2.59. The van der Waals surface area contributed by atoms with Crippen molar-refractivity contribution in [1.29, 1.82) is 0 Å². The molecule has 1 aliphatic heterocycles. The van der Waals surface area contributed by atoms with Crippen molar-refractivity contribution >= 4 is 0 Å². The van der Waals surface area contributed by atoms with Crippen LogP contribution < -0.4 is 5.73 Å². The zero-order chi connectivity index (χ0) is 12.0. The summed E-state index contributed by atoms with van der Waals surface area (Å²) in [5, 5.41) is 0. The Morgan fingerprint density at radius 1 is 1.38 bits per heavy atom. The highest BCUT2D eigenvalue weighted by molar-refractivity contribution is 4.77. The third-order valence-electron chi connectivity index (χ3n) is 3.60. The van der Waals surface area contributed by atoms with Crippen LogP contribution >= 0.6 is 0 Å². The van der Waals surface area contributed by atoms with Gasteiger partial charge in [-0.15, -0.1) is 0 Å². The van der Waals surface area contributed by atoms with E-state index in [1.165, 1.54) is 45.4 Å². The standard InChI is InChI=1S/C13H29N3/c1-4-13-11-15(3)8-6-10-16(13)9-5-7-12(2)14/h12-13H,4-11,14H2,1-3H3. The average molecular weight is 227 g/mol. The van der Waals surface area contributed by atoms with E-state index >= 15 is 0 Å². The number of likely N-dealkylation sites (N-methyl/N-ethyl adjacent to an activating group) is 1. The van der Waals surface area contributed by atoms with Crippen LogP contribution in [0.4, 0.5) is 0 Å². The van der Waals surface area contributed by atoms with E-state index in [0.717, 1.165) is 12.5 Å². The largest absolute Gasteiger partial charge is 0.328 e. The van der Waals surface area contributed by atoms with Crippen LogP contribution in [0.2, 0.25) is 0 Å². The maximum atomic E-state index is 5.80. The molecule has 1 rings (SSSR count). The molecule has 1 fully saturated rings. The second-order valence-corrected chi connectivity index (χ2v) is 5.33. The Balaban J connectivity index is 2.36. The minimum atomic E-state index is 0.356. The average Bonchev–Trinajstić information content (AvgIpc) is 2.40. The van der Waals surface area contributed by atoms with Gasteiger partial charge in [-0.05, 0) is 59.3 Å². The Labute approximate surface area is 101 Å². The number of nitrogens with zero attached hydrogens (tertiary/aromatic N) is 2. The molecule has 3 heteroatoms. The summed E-state index contributed by atoms with van der Waals surface area (Å²) in [5.41, 5.74) is 5.80. The van der Waals surface area contributed by atoms with Crippen molar-refractivity contribution in [2.24, 2.45) is 5.73 Å². The van der Waals surface area contributed by atoms with E-state index in [0.29, 0.717) is 6.04 Å². The first-order chi connectivity index (χ1) is 7.63. The van der Waals surface area contributed by atoms with E-state index in [1.54, 1.807) is 0 Å². The molecule has 96 valence electrons. The van der Waals surface area contributed by atoms with Crippen LogP contribution in [0.15, 0.2) is 0 Å². The van der Waals surface area contributed by atoms with Crippen LogP contribution in [0.25, 0.3) is 0 Å². The first-order valence-corrected chi connectivity index (χ1v) is 6.81. The van der Waals surface area contributed by atoms with Crippen molar-refractivity contribution in [3.63, 3.8) is 0 Å². The summed E-state index contributed by atoms with van der Waals surface area (Å²) >= 11 is 0. The highest BCUT2D eigenvalue weighted by Gasteiger charge is 2.21. The number of nitrogens with two attached hydrogens (primary N) is 1. The van der Waals surface area contributed by atoms with Gasteiger partial charge in [0.15, 0.2) is 0 Å². The van der Waals surface area contributed by atoms with Gasteiger partial charge in [-0.2, -0.15) is 0 Å². The fraction of sp³-hybridized carbons (Fsp3) is 1.00. The molecular weight excluding hydrogens is 198 g/mol. The van der Waals surface area contributed by atoms with Crippen LogP contribution in [0.3, 0.4) is 0 Å². The minimum Gasteiger partial charge on any atom is -0.328 e. The van der Waals surface area contributed by atoms with Crippen molar-refractivity contribution in [3.05, 3.63) is 0 Å². The molecule has 0 spiro atoms. The second kappa shape index (κ2) is 7.25. The molecule has 16 heavy (non-hydrogen) atoms. The quantitative estimate of drug-likeness (QED) is 0.773. The highest BCUT2D eigenvalue weighted by Crippen LogP contribution is 2.13. The van der Waals surface area contributed by atoms with Crippen LogP contribution in [-0.2, 0) is 0 Å². The zero-order valence-electron chi connectivity index (χ0n) is 11.3. The fourth-order valence-corrected chi connectivity index (χ4v) is 2.59. The molecule has 0 aliphatic carbocycles. The molecule has 2 atom stereocenters. The molecule has 0 saturated carbocycles. The van der Waals surface area contributed by atoms with Gasteiger partial charge in [-0.1, -0.05) is 6.92 Å². The lowest BCUT2D eigenvalue weighted by Crippen LogP contribution is -2.40. The van der Waals surface area contributed by atoms with Crippen molar-refractivity contribution in [1.82, 2.24) is 9.80 Å². The molecule has 0 radical (unpaired) electrons. The topological polar surface area (TPSA) is 32.5 Å². The molecule has 0 aromatic rings. The van der Waals surface area contributed by atoms with Gasteiger partial charge in [0, 0.05) is 18.6 Å². The van der Waals surface area contributed by atoms with Gasteiger partial charge in [0.2, 0.25) is 0 Å². The van der Waals surface area contributed by atoms with Crippen molar-refractivity contribution < 1.29 is 0 Å². The monoisotopic (exact) mass is 227 g/mol. The SMILES string of the molecule is CCC1CN(C)CCCN1CCCC(C)N. The summed E-state index contributed by atoms with van der Waals surface area (Å²) in [4.78, 5) is 5.14. The number of hydrogen-bond acceptors (Lipinski definition) is 3. The Morgan fingerprint density at radius 3 is 2.75 bits per heavy atom. The van der Waals surface area contributed by atoms with E-state index in [2.05, 4.69) is 30.7 Å². The maximum absolute atomic E-state index is 5.80. The zero-order valence-corrected chi connectivity index (χ0v) is 11.3. The molecule has 0 aromatic carbocycles. The van der Waals surface area contributed by atoms with E-state index in [4.69, 9.17) is 5.73 Å². The maximum Gasteiger partial charge on any atom is 0.0220 e. The predicted molar refractivity (Wildman–Crippen MR) is 70.6 cm³/mol. The first kappa shape index (κ1) is 13.9. The van der Waals surface area contributed by atoms with Crippen LogP contribution in [0.5, 0.6) is 0 Å². The normalized spacial score (nSPS) is 26.6. The summed E-state index contributed by atoms with van der Waals surface area (Å²) in [6.07, 6.45) is 4.98. The molecule has 1 aliphatic rings. The Morgan fingerprint density at radius 2 is 2.12 bits per heavy atom. The first-order valence-electron chi connectivity index (χ1n) is 6.81. The van der Waals surface area contributed by atoms with Crippen molar-refractivity contribution in [3.8, 4) is 0 Å². The third-order valence-corrected chi connectivity index (χ3v) is 3.60. The van der Waals surface area contributed by atoms with E-state index < -0.39 is 0 Å². The molecule has 2 unspecified atom stereocenters. The van der Waals surface area contributed by atoms with E-state index in [9.17, 15) is 0 Å². The summed E-state index contributed by atoms with van der Waals surface area (Å²) in [5.74, 6) is 0. The predicted octanol–water partition coefficient (Wildman–Crippen LogP) is 1.53. The van der Waals surface area contributed by atoms with Crippen molar-refractivity contribution in [2.45, 2.75) is 51.6 Å². The Kier molecular flexibility index (Phi) is 6.32. The third kappa shape index (κ3) is 4.81. The summed E-state index contributed by atoms with van der Waals surface area (Å²) in [7, 11) is 2.24. The molecule has 0 aromatic heterocycles. The molecule has 1 heterocycles. The summed E-state index contributed by atoms with van der Waals surface area (Å²) in [6.45, 7) is 9.39. The molecule has 1 saturated heterocycles. The lowest BCUT2D eigenvalue weighted by atomic mass is 10.1. The van der Waals surface area contributed by atoms with Gasteiger partial charge < -0.3 is 10.6 Å². The van der Waals surface area contributed by atoms with Gasteiger partial charge in [0.05, 0.1) is 0 Å². The summed E-state index contributed by atoms with van der Waals surface area (Å²) < 4.78 is 0. The lowest BCUT2D eigenvalue weighted by molar-refractivity contribution is 0.179. The van der Waals surface area contributed by atoms with Crippen LogP contribution in [0, 0.1) is 0 Å². The second-order valence-electron chi connectivity index (χ2n) is 5.33. The highest BCUT2D eigenvalue weighted by atomic mass is 15.2. The lowest BCUT2D eigenvalue weighted by Gasteiger charge is -2.30. The van der Waals surface area contributed by atoms with Crippen LogP contribution in [-0.4, -0.2) is 55.1 Å². The van der Waals surface area contributed by atoms with Gasteiger partial charge in [-0.3, -0.25) is 4.90 Å². The Bertz CT molecular complexity index is 182. The van der Waals surface area contributed by atoms with Gasteiger partial charge >= 0.3 is 0 Å². The summed E-state index contributed by atoms with van der Waals surface area (Å²) in [6, 6.07) is 1.11. The van der Waals surface area contributed by atoms with Crippen LogP contribution in [0.1, 0.15) is 39.5 Å². The van der Waals surface area contributed by atoms with E-state index in [1.807, 2.05) is 0 Å². The van der Waals surface area contributed by atoms with E-state index in [-0.39, 0.29) is 0 Å². The molecule has 2 N–H and O–H groups in total.